The standard InChI is InChI=1S/C42H42F2N8O6S/c43-27-2-5-35(53)32(18-27)37(39(56)47-42-45-9-16-59-42)52-22-24-1-3-29(19-30(24)41(52)58)49-10-7-28(8-11-49)50-14-12-48(13-15-50)21-26-17-25-23-51(40(57)31(25)20-33(26)44)34-4-6-36(54)46-38(34)55/h1-3,5,9,16-20,28,34,37,53H,4,6-8,10-15,21-23H2,(H,45,47,56)(H,46,54,55). The molecule has 3 N–H and O–H groups in total. The molecule has 6 heterocycles. The lowest BCUT2D eigenvalue weighted by Gasteiger charge is -2.43. The maximum absolute atomic E-state index is 15.4. The van der Waals surface area contributed by atoms with Crippen LogP contribution in [0.5, 0.6) is 5.75 Å². The summed E-state index contributed by atoms with van der Waals surface area (Å²) < 4.78 is 29.8. The largest absolute Gasteiger partial charge is 0.508 e. The Morgan fingerprint density at radius 2 is 1.68 bits per heavy atom. The van der Waals surface area contributed by atoms with Crippen molar-refractivity contribution in [1.29, 1.82) is 0 Å². The average molecular weight is 825 g/mol. The summed E-state index contributed by atoms with van der Waals surface area (Å²) in [6, 6.07) is 10.4. The first-order chi connectivity index (χ1) is 28.5. The van der Waals surface area contributed by atoms with Crippen molar-refractivity contribution < 1.29 is 37.9 Å². The Kier molecular flexibility index (Phi) is 10.3. The molecule has 0 aliphatic carbocycles. The molecule has 5 aliphatic heterocycles. The fraction of sp³-hybridized carbons (Fsp3) is 0.381. The summed E-state index contributed by atoms with van der Waals surface area (Å²) in [5.41, 5.74) is 3.55. The Bertz CT molecular complexity index is 2350. The van der Waals surface area contributed by atoms with Gasteiger partial charge in [-0.2, -0.15) is 0 Å². The van der Waals surface area contributed by atoms with E-state index in [9.17, 15) is 33.5 Å². The first-order valence-electron chi connectivity index (χ1n) is 19.8. The molecule has 3 aromatic carbocycles. The van der Waals surface area contributed by atoms with Crippen LogP contribution in [-0.2, 0) is 34.0 Å². The number of hydrogen-bond acceptors (Lipinski definition) is 11. The molecule has 2 atom stereocenters. The van der Waals surface area contributed by atoms with Crippen molar-refractivity contribution in [2.45, 2.75) is 63.4 Å². The summed E-state index contributed by atoms with van der Waals surface area (Å²) in [5, 5.41) is 17.7. The number of piperidine rings is 2. The third-order valence-corrected chi connectivity index (χ3v) is 13.0. The number of phenols is 1. The predicted octanol–water partition coefficient (Wildman–Crippen LogP) is 4.01. The first kappa shape index (κ1) is 38.7. The number of rotatable bonds is 9. The van der Waals surface area contributed by atoms with Gasteiger partial charge in [-0.15, -0.1) is 11.3 Å². The Morgan fingerprint density at radius 3 is 2.42 bits per heavy atom. The summed E-state index contributed by atoms with van der Waals surface area (Å²) in [4.78, 5) is 78.7. The van der Waals surface area contributed by atoms with Crippen LogP contribution >= 0.6 is 11.3 Å². The third kappa shape index (κ3) is 7.53. The number of carbonyl (C=O) groups excluding carboxylic acids is 5. The van der Waals surface area contributed by atoms with Gasteiger partial charge >= 0.3 is 0 Å². The number of nitrogens with zero attached hydrogens (tertiary/aromatic N) is 6. The average Bonchev–Trinajstić information content (AvgIpc) is 3.94. The van der Waals surface area contributed by atoms with Crippen molar-refractivity contribution >= 4 is 51.7 Å². The van der Waals surface area contributed by atoms with E-state index >= 15 is 4.39 Å². The minimum atomic E-state index is -1.30. The number of imide groups is 1. The highest BCUT2D eigenvalue weighted by molar-refractivity contribution is 7.13. The number of thiazole rings is 1. The molecule has 0 bridgehead atoms. The van der Waals surface area contributed by atoms with E-state index in [2.05, 4.69) is 30.3 Å². The molecule has 2 unspecified atom stereocenters. The summed E-state index contributed by atoms with van der Waals surface area (Å²) >= 11 is 1.20. The number of amides is 5. The second-order valence-corrected chi connectivity index (χ2v) is 16.6. The van der Waals surface area contributed by atoms with E-state index in [1.165, 1.54) is 39.5 Å². The van der Waals surface area contributed by atoms with Crippen LogP contribution in [0.3, 0.4) is 0 Å². The zero-order valence-corrected chi connectivity index (χ0v) is 32.9. The van der Waals surface area contributed by atoms with Gasteiger partial charge in [0.1, 0.15) is 29.5 Å². The van der Waals surface area contributed by atoms with Crippen LogP contribution in [0.1, 0.15) is 74.7 Å². The van der Waals surface area contributed by atoms with Crippen LogP contribution < -0.4 is 15.5 Å². The molecule has 9 rings (SSSR count). The van der Waals surface area contributed by atoms with Gasteiger partial charge in [-0.1, -0.05) is 6.07 Å². The van der Waals surface area contributed by atoms with Crippen LogP contribution in [-0.4, -0.2) is 111 Å². The number of benzene rings is 3. The SMILES string of the molecule is O=C1CCC(N2Cc3cc(CN4CCN(C5CCN(c6ccc7c(c6)C(=O)N(C(C(=O)Nc6nccs6)c6cc(F)ccc6O)C7)CC5)CC4)c(F)cc3C2=O)C(=O)N1. The summed E-state index contributed by atoms with van der Waals surface area (Å²) in [5.74, 6) is -3.63. The van der Waals surface area contributed by atoms with E-state index in [1.807, 2.05) is 18.2 Å². The van der Waals surface area contributed by atoms with Gasteiger partial charge in [-0.05, 0) is 72.9 Å². The van der Waals surface area contributed by atoms with Gasteiger partial charge in [-0.25, -0.2) is 13.8 Å². The highest BCUT2D eigenvalue weighted by Crippen LogP contribution is 2.38. The van der Waals surface area contributed by atoms with Gasteiger partial charge < -0.3 is 19.8 Å². The maximum Gasteiger partial charge on any atom is 0.255 e. The molecule has 5 amide bonds. The van der Waals surface area contributed by atoms with Crippen LogP contribution in [0, 0.1) is 11.6 Å². The van der Waals surface area contributed by atoms with E-state index in [0.717, 1.165) is 75.5 Å². The van der Waals surface area contributed by atoms with Crippen molar-refractivity contribution in [1.82, 2.24) is 29.9 Å². The van der Waals surface area contributed by atoms with Gasteiger partial charge in [0.15, 0.2) is 5.13 Å². The number of nitrogens with one attached hydrogen (secondary N) is 2. The van der Waals surface area contributed by atoms with Crippen LogP contribution in [0.15, 0.2) is 60.1 Å². The molecular formula is C42H42F2N8O6S. The van der Waals surface area contributed by atoms with Gasteiger partial charge in [0.2, 0.25) is 11.8 Å². The molecule has 306 valence electrons. The van der Waals surface area contributed by atoms with Crippen molar-refractivity contribution in [3.05, 3.63) is 105 Å². The van der Waals surface area contributed by atoms with Crippen LogP contribution in [0.2, 0.25) is 0 Å². The molecule has 59 heavy (non-hydrogen) atoms. The predicted molar refractivity (Wildman–Crippen MR) is 212 cm³/mol. The summed E-state index contributed by atoms with van der Waals surface area (Å²) in [6.07, 6.45) is 3.79. The molecule has 0 radical (unpaired) electrons. The van der Waals surface area contributed by atoms with Gasteiger partial charge in [0.25, 0.3) is 17.7 Å². The number of aromatic nitrogens is 1. The first-order valence-corrected chi connectivity index (χ1v) is 20.7. The molecule has 5 aliphatic rings. The second-order valence-electron chi connectivity index (χ2n) is 15.7. The summed E-state index contributed by atoms with van der Waals surface area (Å²) in [7, 11) is 0. The van der Waals surface area contributed by atoms with Gasteiger partial charge in [0.05, 0.1) is 0 Å². The number of fused-ring (bicyclic) bond motifs is 2. The molecule has 1 aromatic heterocycles. The van der Waals surface area contributed by atoms with Crippen molar-refractivity contribution in [3.63, 3.8) is 0 Å². The molecule has 3 fully saturated rings. The number of carbonyl (C=O) groups is 5. The molecule has 0 spiro atoms. The number of phenolic OH excluding ortho intramolecular Hbond substituents is 1. The minimum absolute atomic E-state index is 0.0171. The second kappa shape index (κ2) is 15.8. The lowest BCUT2D eigenvalue weighted by Crippen LogP contribution is -2.53. The Balaban J connectivity index is 0.798. The molecule has 0 saturated carbocycles. The quantitative estimate of drug-likeness (QED) is 0.211. The fourth-order valence-electron chi connectivity index (χ4n) is 9.15. The monoisotopic (exact) mass is 824 g/mol. The van der Waals surface area contributed by atoms with Crippen LogP contribution in [0.4, 0.5) is 19.6 Å². The Morgan fingerprint density at radius 1 is 0.898 bits per heavy atom. The Labute approximate surface area is 342 Å². The summed E-state index contributed by atoms with van der Waals surface area (Å²) in [6.45, 7) is 5.48. The molecule has 14 nitrogen and oxygen atoms in total. The molecule has 3 saturated heterocycles. The smallest absolute Gasteiger partial charge is 0.255 e. The highest BCUT2D eigenvalue weighted by atomic mass is 32.1. The zero-order valence-electron chi connectivity index (χ0n) is 32.0. The molecule has 4 aromatic rings. The molecular weight excluding hydrogens is 783 g/mol. The normalized spacial score (nSPS) is 20.8. The lowest BCUT2D eigenvalue weighted by atomic mass is 10.0. The number of anilines is 2. The van der Waals surface area contributed by atoms with E-state index < -0.39 is 41.4 Å². The van der Waals surface area contributed by atoms with E-state index in [4.69, 9.17) is 0 Å². The molecule has 17 heteroatoms. The topological polar surface area (TPSA) is 159 Å². The van der Waals surface area contributed by atoms with Gasteiger partial charge in [-0.3, -0.25) is 44.4 Å². The van der Waals surface area contributed by atoms with Crippen LogP contribution in [0.25, 0.3) is 0 Å². The third-order valence-electron chi connectivity index (χ3n) is 12.3. The van der Waals surface area contributed by atoms with E-state index in [0.29, 0.717) is 34.4 Å². The maximum atomic E-state index is 15.4. The van der Waals surface area contributed by atoms with E-state index in [-0.39, 0.29) is 54.6 Å². The van der Waals surface area contributed by atoms with Crippen molar-refractivity contribution in [2.24, 2.45) is 0 Å². The fourth-order valence-corrected chi connectivity index (χ4v) is 9.68. The Hall–Kier alpha value is -5.78. The lowest BCUT2D eigenvalue weighted by molar-refractivity contribution is -0.137. The van der Waals surface area contributed by atoms with E-state index in [1.54, 1.807) is 11.4 Å². The highest BCUT2D eigenvalue weighted by Gasteiger charge is 2.41. The van der Waals surface area contributed by atoms with Gasteiger partial charge in [0, 0.05) is 111 Å². The number of halogens is 2. The zero-order chi connectivity index (χ0) is 40.9. The number of hydrogen-bond donors (Lipinski definition) is 3. The minimum Gasteiger partial charge on any atom is -0.508 e. The number of aromatic hydroxyl groups is 1. The van der Waals surface area contributed by atoms with Crippen molar-refractivity contribution in [3.8, 4) is 5.75 Å². The van der Waals surface area contributed by atoms with Crippen molar-refractivity contribution in [2.75, 3.05) is 49.5 Å². The number of piperazine rings is 1.